The van der Waals surface area contributed by atoms with Gasteiger partial charge in [0.05, 0.1) is 11.9 Å². The molecule has 2 fully saturated rings. The molecule has 1 aromatic heterocycles. The Kier molecular flexibility index (Phi) is 3.98. The molecule has 0 saturated carbocycles. The second-order valence-corrected chi connectivity index (χ2v) is 6.12. The van der Waals surface area contributed by atoms with Gasteiger partial charge in [0.15, 0.2) is 0 Å². The van der Waals surface area contributed by atoms with Gasteiger partial charge in [-0.3, -0.25) is 4.79 Å². The fraction of sp³-hybridized carbons (Fsp3) is 0.714. The molecule has 0 amide bonds. The van der Waals surface area contributed by atoms with E-state index in [2.05, 4.69) is 15.3 Å². The minimum absolute atomic E-state index is 0.173. The van der Waals surface area contributed by atoms with Crippen molar-refractivity contribution in [3.05, 3.63) is 21.6 Å². The monoisotopic (exact) mass is 296 g/mol. The highest BCUT2D eigenvalue weighted by Crippen LogP contribution is 2.27. The first-order chi connectivity index (χ1) is 9.69. The van der Waals surface area contributed by atoms with Crippen molar-refractivity contribution < 1.29 is 0 Å². The van der Waals surface area contributed by atoms with Gasteiger partial charge >= 0.3 is 0 Å². The summed E-state index contributed by atoms with van der Waals surface area (Å²) in [6.45, 7) is 4.49. The Hall–Kier alpha value is -1.07. The molecule has 1 aromatic rings. The van der Waals surface area contributed by atoms with Gasteiger partial charge in [0, 0.05) is 31.7 Å². The maximum absolute atomic E-state index is 12.2. The molecular formula is C14H21ClN4O. The van der Waals surface area contributed by atoms with Gasteiger partial charge in [-0.25, -0.2) is 4.68 Å². The minimum atomic E-state index is -0.173. The largest absolute Gasteiger partial charge is 0.367 e. The summed E-state index contributed by atoms with van der Waals surface area (Å²) in [6.07, 6.45) is 6.20. The number of hydrogen-bond donors (Lipinski definition) is 1. The van der Waals surface area contributed by atoms with Crippen molar-refractivity contribution in [2.45, 2.75) is 51.2 Å². The van der Waals surface area contributed by atoms with Gasteiger partial charge in [0.25, 0.3) is 5.56 Å². The minimum Gasteiger partial charge on any atom is -0.367 e. The van der Waals surface area contributed by atoms with Crippen LogP contribution >= 0.6 is 11.6 Å². The molecule has 0 spiro atoms. The van der Waals surface area contributed by atoms with Crippen LogP contribution in [0.2, 0.25) is 5.02 Å². The Bertz CT molecular complexity index is 544. The van der Waals surface area contributed by atoms with E-state index in [9.17, 15) is 4.79 Å². The third-order valence-corrected chi connectivity index (χ3v) is 4.62. The predicted molar refractivity (Wildman–Crippen MR) is 80.6 cm³/mol. The third-order valence-electron chi connectivity index (χ3n) is 4.27. The molecule has 20 heavy (non-hydrogen) atoms. The van der Waals surface area contributed by atoms with E-state index in [0.717, 1.165) is 31.6 Å². The summed E-state index contributed by atoms with van der Waals surface area (Å²) in [4.78, 5) is 14.4. The lowest BCUT2D eigenvalue weighted by molar-refractivity contribution is 0.563. The summed E-state index contributed by atoms with van der Waals surface area (Å²) in [5.41, 5.74) is 0.617. The number of nitrogens with zero attached hydrogens (tertiary/aromatic N) is 3. The van der Waals surface area contributed by atoms with E-state index in [-0.39, 0.29) is 5.56 Å². The first kappa shape index (κ1) is 13.9. The van der Waals surface area contributed by atoms with Crippen molar-refractivity contribution in [2.24, 2.45) is 0 Å². The summed E-state index contributed by atoms with van der Waals surface area (Å²) >= 11 is 6.29. The fourth-order valence-electron chi connectivity index (χ4n) is 3.21. The van der Waals surface area contributed by atoms with E-state index in [4.69, 9.17) is 11.6 Å². The van der Waals surface area contributed by atoms with Crippen molar-refractivity contribution in [3.63, 3.8) is 0 Å². The molecule has 2 atom stereocenters. The lowest BCUT2D eigenvalue weighted by Gasteiger charge is -2.26. The SMILES string of the molecule is CCCn1ncc(N2CCC3CCC(C2)N3)c(Cl)c1=O. The molecular weight excluding hydrogens is 276 g/mol. The maximum Gasteiger partial charge on any atom is 0.287 e. The molecule has 0 aromatic carbocycles. The first-order valence-electron chi connectivity index (χ1n) is 7.45. The van der Waals surface area contributed by atoms with Crippen LogP contribution in [0.1, 0.15) is 32.6 Å². The van der Waals surface area contributed by atoms with Crippen LogP contribution < -0.4 is 15.8 Å². The number of aryl methyl sites for hydroxylation is 1. The summed E-state index contributed by atoms with van der Waals surface area (Å²) in [6, 6.07) is 1.13. The van der Waals surface area contributed by atoms with Crippen molar-refractivity contribution in [3.8, 4) is 0 Å². The van der Waals surface area contributed by atoms with Crippen molar-refractivity contribution in [1.29, 1.82) is 0 Å². The quantitative estimate of drug-likeness (QED) is 0.921. The van der Waals surface area contributed by atoms with Crippen LogP contribution in [0.4, 0.5) is 5.69 Å². The highest BCUT2D eigenvalue weighted by molar-refractivity contribution is 6.33. The first-order valence-corrected chi connectivity index (χ1v) is 7.83. The molecule has 0 aliphatic carbocycles. The lowest BCUT2D eigenvalue weighted by Crippen LogP contribution is -2.36. The number of aromatic nitrogens is 2. The van der Waals surface area contributed by atoms with E-state index >= 15 is 0 Å². The Balaban J connectivity index is 1.86. The van der Waals surface area contributed by atoms with E-state index < -0.39 is 0 Å². The molecule has 5 nitrogen and oxygen atoms in total. The van der Waals surface area contributed by atoms with Crippen LogP contribution in [0.5, 0.6) is 0 Å². The molecule has 0 radical (unpaired) electrons. The molecule has 1 N–H and O–H groups in total. The van der Waals surface area contributed by atoms with Crippen LogP contribution in [0, 0.1) is 0 Å². The average Bonchev–Trinajstić information content (AvgIpc) is 2.76. The van der Waals surface area contributed by atoms with Gasteiger partial charge < -0.3 is 10.2 Å². The van der Waals surface area contributed by atoms with Gasteiger partial charge in [-0.1, -0.05) is 18.5 Å². The van der Waals surface area contributed by atoms with Crippen LogP contribution in [0.15, 0.2) is 11.0 Å². The second-order valence-electron chi connectivity index (χ2n) is 5.74. The molecule has 3 heterocycles. The predicted octanol–water partition coefficient (Wildman–Crippen LogP) is 1.64. The van der Waals surface area contributed by atoms with Crippen LogP contribution in [-0.4, -0.2) is 35.0 Å². The Morgan fingerprint density at radius 3 is 3.00 bits per heavy atom. The molecule has 2 aliphatic rings. The normalized spacial score (nSPS) is 25.8. The van der Waals surface area contributed by atoms with Crippen LogP contribution in [-0.2, 0) is 6.54 Å². The lowest BCUT2D eigenvalue weighted by atomic mass is 10.1. The topological polar surface area (TPSA) is 50.2 Å². The maximum atomic E-state index is 12.2. The molecule has 6 heteroatoms. The Morgan fingerprint density at radius 2 is 2.20 bits per heavy atom. The Morgan fingerprint density at radius 1 is 1.40 bits per heavy atom. The van der Waals surface area contributed by atoms with E-state index in [1.54, 1.807) is 6.20 Å². The smallest absolute Gasteiger partial charge is 0.287 e. The highest BCUT2D eigenvalue weighted by atomic mass is 35.5. The molecule has 3 rings (SSSR count). The molecule has 2 unspecified atom stereocenters. The van der Waals surface area contributed by atoms with Gasteiger partial charge in [-0.2, -0.15) is 5.10 Å². The zero-order valence-corrected chi connectivity index (χ0v) is 12.6. The molecule has 110 valence electrons. The van der Waals surface area contributed by atoms with Crippen molar-refractivity contribution in [1.82, 2.24) is 15.1 Å². The molecule has 2 aliphatic heterocycles. The number of rotatable bonds is 3. The van der Waals surface area contributed by atoms with Gasteiger partial charge in [0.2, 0.25) is 0 Å². The second kappa shape index (κ2) is 5.74. The van der Waals surface area contributed by atoms with E-state index in [1.165, 1.54) is 17.5 Å². The number of fused-ring (bicyclic) bond motifs is 2. The zero-order chi connectivity index (χ0) is 14.1. The van der Waals surface area contributed by atoms with Gasteiger partial charge in [-0.05, 0) is 25.7 Å². The molecule has 2 bridgehead atoms. The highest BCUT2D eigenvalue weighted by Gasteiger charge is 2.30. The number of anilines is 1. The van der Waals surface area contributed by atoms with Gasteiger partial charge in [0.1, 0.15) is 5.02 Å². The number of hydrogen-bond acceptors (Lipinski definition) is 4. The Labute approximate surface area is 123 Å². The fourth-order valence-corrected chi connectivity index (χ4v) is 3.48. The van der Waals surface area contributed by atoms with Crippen molar-refractivity contribution >= 4 is 17.3 Å². The summed E-state index contributed by atoms with van der Waals surface area (Å²) < 4.78 is 1.45. The number of halogens is 1. The van der Waals surface area contributed by atoms with Crippen molar-refractivity contribution in [2.75, 3.05) is 18.0 Å². The third kappa shape index (κ3) is 2.56. The summed E-state index contributed by atoms with van der Waals surface area (Å²) in [7, 11) is 0. The number of nitrogens with one attached hydrogen (secondary N) is 1. The average molecular weight is 297 g/mol. The summed E-state index contributed by atoms with van der Waals surface area (Å²) in [5, 5.41) is 8.20. The standard InChI is InChI=1S/C14H21ClN4O/c1-2-6-19-14(20)13(15)12(8-16-19)18-7-5-10-3-4-11(9-18)17-10/h8,10-11,17H,2-7,9H2,1H3. The zero-order valence-electron chi connectivity index (χ0n) is 11.8. The van der Waals surface area contributed by atoms with Gasteiger partial charge in [-0.15, -0.1) is 0 Å². The molecule has 2 saturated heterocycles. The van der Waals surface area contributed by atoms with E-state index in [1.807, 2.05) is 6.92 Å². The van der Waals surface area contributed by atoms with Crippen LogP contribution in [0.25, 0.3) is 0 Å². The van der Waals surface area contributed by atoms with E-state index in [0.29, 0.717) is 23.7 Å². The summed E-state index contributed by atoms with van der Waals surface area (Å²) in [5.74, 6) is 0. The van der Waals surface area contributed by atoms with Crippen LogP contribution in [0.3, 0.4) is 0 Å².